The molecule has 1 saturated heterocycles. The van der Waals surface area contributed by atoms with E-state index in [-0.39, 0.29) is 18.4 Å². The van der Waals surface area contributed by atoms with Crippen LogP contribution in [0.1, 0.15) is 44.4 Å². The van der Waals surface area contributed by atoms with Gasteiger partial charge in [0.25, 0.3) is 5.91 Å². The van der Waals surface area contributed by atoms with Crippen molar-refractivity contribution in [2.24, 2.45) is 0 Å². The number of hydrogen-bond donors (Lipinski definition) is 1. The maximum absolute atomic E-state index is 13.6. The van der Waals surface area contributed by atoms with Gasteiger partial charge in [0.2, 0.25) is 0 Å². The summed E-state index contributed by atoms with van der Waals surface area (Å²) in [5.41, 5.74) is 2.15. The minimum atomic E-state index is -0.898. The van der Waals surface area contributed by atoms with Crippen LogP contribution in [0.25, 0.3) is 0 Å². The monoisotopic (exact) mass is 406 g/mol. The maximum atomic E-state index is 13.6. The van der Waals surface area contributed by atoms with Gasteiger partial charge in [0.1, 0.15) is 18.4 Å². The number of aldehydes is 1. The lowest BCUT2D eigenvalue weighted by atomic mass is 9.87. The van der Waals surface area contributed by atoms with Gasteiger partial charge in [-0.05, 0) is 29.2 Å². The summed E-state index contributed by atoms with van der Waals surface area (Å²) in [6.45, 7) is 6.39. The van der Waals surface area contributed by atoms with Gasteiger partial charge in [0.15, 0.2) is 6.19 Å². The van der Waals surface area contributed by atoms with Crippen molar-refractivity contribution in [1.82, 2.24) is 9.88 Å². The molecule has 1 N–H and O–H groups in total. The van der Waals surface area contributed by atoms with Gasteiger partial charge < -0.3 is 9.90 Å². The lowest BCUT2D eigenvalue weighted by molar-refractivity contribution is -0.124. The number of pyridine rings is 1. The lowest BCUT2D eigenvalue weighted by Crippen LogP contribution is -2.46. The van der Waals surface area contributed by atoms with E-state index in [9.17, 15) is 20.0 Å². The van der Waals surface area contributed by atoms with Crippen LogP contribution in [-0.2, 0) is 15.0 Å². The molecule has 1 aliphatic rings. The molecule has 0 radical (unpaired) electrons. The summed E-state index contributed by atoms with van der Waals surface area (Å²) in [4.78, 5) is 32.4. The fourth-order valence-electron chi connectivity index (χ4n) is 3.71. The van der Waals surface area contributed by atoms with Crippen molar-refractivity contribution < 1.29 is 14.7 Å². The van der Waals surface area contributed by atoms with Crippen molar-refractivity contribution in [2.75, 3.05) is 11.4 Å². The Kier molecular flexibility index (Phi) is 6.18. The molecular formula is C23H26N4O3. The van der Waals surface area contributed by atoms with E-state index >= 15 is 0 Å². The average molecular weight is 406 g/mol. The number of β-amino-alcohol motifs (C(OH)–C–C–N with tert-alkyl or cyclic N) is 1. The third-order valence-electron chi connectivity index (χ3n) is 5.37. The summed E-state index contributed by atoms with van der Waals surface area (Å²) < 4.78 is 0. The second-order valence-corrected chi connectivity index (χ2v) is 8.53. The van der Waals surface area contributed by atoms with Crippen LogP contribution in [0, 0.1) is 11.5 Å². The fraction of sp³-hybridized carbons (Fsp3) is 0.391. The molecule has 2 heterocycles. The Bertz CT molecular complexity index is 932. The predicted octanol–water partition coefficient (Wildman–Crippen LogP) is 2.57. The van der Waals surface area contributed by atoms with E-state index in [1.165, 1.54) is 9.80 Å². The Morgan fingerprint density at radius 1 is 1.33 bits per heavy atom. The molecule has 1 amide bonds. The smallest absolute Gasteiger partial charge is 0.251 e. The van der Waals surface area contributed by atoms with Gasteiger partial charge in [-0.3, -0.25) is 19.6 Å². The molecule has 1 aromatic carbocycles. The number of carbonyl (C=O) groups excluding carboxylic acids is 2. The summed E-state index contributed by atoms with van der Waals surface area (Å²) in [5.74, 6) is -0.405. The standard InChI is InChI=1S/C23H26N4O3/c1-23(2,3)17-6-8-18(9-7-17)27(21(14-28)16-5-4-10-25-12-16)22(30)20-11-19(29)13-26(20)15-24/h4-10,12,14,19-21,29H,11,13H2,1-3H3. The van der Waals surface area contributed by atoms with Crippen molar-refractivity contribution in [1.29, 1.82) is 5.26 Å². The van der Waals surface area contributed by atoms with Crippen molar-refractivity contribution in [3.05, 3.63) is 59.9 Å². The average Bonchev–Trinajstić information content (AvgIpc) is 3.12. The summed E-state index contributed by atoms with van der Waals surface area (Å²) in [7, 11) is 0. The molecule has 0 saturated carbocycles. The highest BCUT2D eigenvalue weighted by atomic mass is 16.3. The van der Waals surface area contributed by atoms with Gasteiger partial charge >= 0.3 is 0 Å². The molecule has 7 heteroatoms. The first-order valence-electron chi connectivity index (χ1n) is 9.89. The maximum Gasteiger partial charge on any atom is 0.251 e. The van der Waals surface area contributed by atoms with Gasteiger partial charge in [-0.15, -0.1) is 0 Å². The number of aliphatic hydroxyl groups excluding tert-OH is 1. The molecule has 3 unspecified atom stereocenters. The SMILES string of the molecule is CC(C)(C)c1ccc(N(C(=O)C2CC(O)CN2C#N)C(C=O)c2cccnc2)cc1. The van der Waals surface area contributed by atoms with E-state index < -0.39 is 24.1 Å². The van der Waals surface area contributed by atoms with Crippen LogP contribution in [0.2, 0.25) is 0 Å². The first-order valence-corrected chi connectivity index (χ1v) is 9.89. The molecule has 0 spiro atoms. The molecule has 3 atom stereocenters. The molecule has 156 valence electrons. The number of benzene rings is 1. The van der Waals surface area contributed by atoms with Gasteiger partial charge in [-0.25, -0.2) is 0 Å². The molecule has 1 aliphatic heterocycles. The molecule has 0 bridgehead atoms. The molecule has 2 aromatic rings. The number of nitrogens with zero attached hydrogens (tertiary/aromatic N) is 4. The van der Waals surface area contributed by atoms with Crippen molar-refractivity contribution in [2.45, 2.75) is 50.8 Å². The van der Waals surface area contributed by atoms with E-state index in [1.54, 1.807) is 24.5 Å². The Morgan fingerprint density at radius 2 is 2.03 bits per heavy atom. The summed E-state index contributed by atoms with van der Waals surface area (Å²) in [5, 5.41) is 19.4. The number of amides is 1. The van der Waals surface area contributed by atoms with Gasteiger partial charge in [0.05, 0.1) is 12.6 Å². The lowest BCUT2D eigenvalue weighted by Gasteiger charge is -2.32. The van der Waals surface area contributed by atoms with Crippen LogP contribution < -0.4 is 4.90 Å². The van der Waals surface area contributed by atoms with Gasteiger partial charge in [-0.2, -0.15) is 5.26 Å². The van der Waals surface area contributed by atoms with Crippen LogP contribution in [0.15, 0.2) is 48.8 Å². The molecular weight excluding hydrogens is 380 g/mol. The summed E-state index contributed by atoms with van der Waals surface area (Å²) in [6, 6.07) is 9.22. The van der Waals surface area contributed by atoms with E-state index in [0.717, 1.165) is 5.56 Å². The number of aliphatic hydroxyl groups is 1. The van der Waals surface area contributed by atoms with E-state index in [2.05, 4.69) is 25.8 Å². The molecule has 0 aliphatic carbocycles. The second-order valence-electron chi connectivity index (χ2n) is 8.53. The minimum absolute atomic E-state index is 0.0616. The zero-order valence-corrected chi connectivity index (χ0v) is 17.4. The van der Waals surface area contributed by atoms with Gasteiger partial charge in [-0.1, -0.05) is 39.0 Å². The molecule has 1 aromatic heterocycles. The van der Waals surface area contributed by atoms with E-state index in [0.29, 0.717) is 17.5 Å². The van der Waals surface area contributed by atoms with Crippen molar-refractivity contribution in [3.8, 4) is 6.19 Å². The van der Waals surface area contributed by atoms with Crippen molar-refractivity contribution in [3.63, 3.8) is 0 Å². The first-order chi connectivity index (χ1) is 14.3. The second kappa shape index (κ2) is 8.64. The predicted molar refractivity (Wildman–Crippen MR) is 112 cm³/mol. The number of nitriles is 1. The third kappa shape index (κ3) is 4.34. The quantitative estimate of drug-likeness (QED) is 0.605. The van der Waals surface area contributed by atoms with Crippen LogP contribution in [0.5, 0.6) is 0 Å². The van der Waals surface area contributed by atoms with Crippen LogP contribution in [-0.4, -0.2) is 45.9 Å². The highest BCUT2D eigenvalue weighted by molar-refractivity contribution is 6.01. The van der Waals surface area contributed by atoms with Gasteiger partial charge in [0, 0.05) is 30.1 Å². The molecule has 1 fully saturated rings. The number of anilines is 1. The molecule has 7 nitrogen and oxygen atoms in total. The first kappa shape index (κ1) is 21.5. The zero-order chi connectivity index (χ0) is 21.9. The van der Waals surface area contributed by atoms with E-state index in [4.69, 9.17) is 0 Å². The Hall–Kier alpha value is -3.24. The number of hydrogen-bond acceptors (Lipinski definition) is 6. The normalized spacial score (nSPS) is 19.8. The highest BCUT2D eigenvalue weighted by Crippen LogP contribution is 2.32. The Balaban J connectivity index is 2.06. The Labute approximate surface area is 176 Å². The highest BCUT2D eigenvalue weighted by Gasteiger charge is 2.40. The Morgan fingerprint density at radius 3 is 2.57 bits per heavy atom. The largest absolute Gasteiger partial charge is 0.391 e. The number of rotatable bonds is 5. The van der Waals surface area contributed by atoms with E-state index in [1.807, 2.05) is 30.5 Å². The summed E-state index contributed by atoms with van der Waals surface area (Å²) >= 11 is 0. The van der Waals surface area contributed by atoms with Crippen LogP contribution >= 0.6 is 0 Å². The van der Waals surface area contributed by atoms with Crippen LogP contribution in [0.4, 0.5) is 5.69 Å². The number of aromatic nitrogens is 1. The van der Waals surface area contributed by atoms with Crippen molar-refractivity contribution >= 4 is 17.9 Å². The topological polar surface area (TPSA) is 97.5 Å². The molecule has 3 rings (SSSR count). The summed E-state index contributed by atoms with van der Waals surface area (Å²) in [6.07, 6.45) is 5.21. The van der Waals surface area contributed by atoms with Crippen LogP contribution in [0.3, 0.4) is 0 Å². The fourth-order valence-corrected chi connectivity index (χ4v) is 3.71. The molecule has 30 heavy (non-hydrogen) atoms. The minimum Gasteiger partial charge on any atom is -0.391 e. The third-order valence-corrected chi connectivity index (χ3v) is 5.37. The number of likely N-dealkylation sites (tertiary alicyclic amines) is 1. The number of carbonyl (C=O) groups is 2. The zero-order valence-electron chi connectivity index (χ0n) is 17.4.